The van der Waals surface area contributed by atoms with E-state index in [9.17, 15) is 9.59 Å². The van der Waals surface area contributed by atoms with E-state index in [1.54, 1.807) is 17.9 Å². The van der Waals surface area contributed by atoms with Crippen molar-refractivity contribution in [2.75, 3.05) is 23.7 Å². The van der Waals surface area contributed by atoms with Gasteiger partial charge in [0.25, 0.3) is 0 Å². The number of hydrogen-bond acceptors (Lipinski definition) is 6. The summed E-state index contributed by atoms with van der Waals surface area (Å²) in [6, 6.07) is 7.60. The van der Waals surface area contributed by atoms with E-state index in [1.807, 2.05) is 39.0 Å². The smallest absolute Gasteiger partial charge is 0.410 e. The van der Waals surface area contributed by atoms with Crippen LogP contribution in [0.5, 0.6) is 0 Å². The average molecular weight is 386 g/mol. The Bertz CT molecular complexity index is 869. The fraction of sp³-hybridized carbons (Fsp3) is 0.450. The normalized spacial score (nSPS) is 13.6. The molecule has 0 saturated carbocycles. The number of aromatic nitrogens is 1. The van der Waals surface area contributed by atoms with E-state index in [2.05, 4.69) is 15.8 Å². The maximum Gasteiger partial charge on any atom is 0.410 e. The number of carbonyl (C=O) groups excluding carboxylic acids is 2. The molecule has 0 atom stereocenters. The SMILES string of the molecule is Cc1cc(NC(=O)CNc2ccc3c(c2)CN(C(=O)OC(C)(C)C)CC3)no1. The number of ether oxygens (including phenoxy) is 1. The van der Waals surface area contributed by atoms with Gasteiger partial charge in [-0.25, -0.2) is 4.79 Å². The molecular formula is C20H26N4O4. The van der Waals surface area contributed by atoms with Crippen LogP contribution >= 0.6 is 0 Å². The number of aryl methyl sites for hydroxylation is 1. The average Bonchev–Trinajstić information content (AvgIpc) is 3.02. The predicted octanol–water partition coefficient (Wildman–Crippen LogP) is 3.33. The monoisotopic (exact) mass is 386 g/mol. The van der Waals surface area contributed by atoms with Gasteiger partial charge in [0, 0.05) is 24.8 Å². The third-order valence-corrected chi connectivity index (χ3v) is 4.22. The van der Waals surface area contributed by atoms with Crippen LogP contribution in [0.25, 0.3) is 0 Å². The van der Waals surface area contributed by atoms with E-state index < -0.39 is 5.60 Å². The van der Waals surface area contributed by atoms with Crippen molar-refractivity contribution in [3.63, 3.8) is 0 Å². The van der Waals surface area contributed by atoms with Crippen molar-refractivity contribution < 1.29 is 18.8 Å². The van der Waals surface area contributed by atoms with E-state index in [-0.39, 0.29) is 18.5 Å². The molecule has 2 heterocycles. The fourth-order valence-electron chi connectivity index (χ4n) is 2.94. The van der Waals surface area contributed by atoms with E-state index in [1.165, 1.54) is 5.56 Å². The van der Waals surface area contributed by atoms with E-state index in [4.69, 9.17) is 9.26 Å². The molecule has 0 saturated heterocycles. The van der Waals surface area contributed by atoms with Gasteiger partial charge in [-0.3, -0.25) is 4.79 Å². The summed E-state index contributed by atoms with van der Waals surface area (Å²) in [5, 5.41) is 9.50. The molecule has 1 aromatic heterocycles. The first-order valence-electron chi connectivity index (χ1n) is 9.26. The summed E-state index contributed by atoms with van der Waals surface area (Å²) in [7, 11) is 0. The molecule has 0 spiro atoms. The summed E-state index contributed by atoms with van der Waals surface area (Å²) < 4.78 is 10.4. The number of nitrogens with zero attached hydrogens (tertiary/aromatic N) is 2. The Morgan fingerprint density at radius 3 is 2.71 bits per heavy atom. The van der Waals surface area contributed by atoms with Gasteiger partial charge < -0.3 is 24.8 Å². The Labute approximate surface area is 164 Å². The molecule has 0 unspecified atom stereocenters. The van der Waals surface area contributed by atoms with Crippen molar-refractivity contribution in [3.05, 3.63) is 41.2 Å². The summed E-state index contributed by atoms with van der Waals surface area (Å²) in [5.41, 5.74) is 2.55. The number of hydrogen-bond donors (Lipinski definition) is 2. The molecule has 0 aliphatic carbocycles. The number of nitrogens with one attached hydrogen (secondary N) is 2. The van der Waals surface area contributed by atoms with Crippen LogP contribution < -0.4 is 10.6 Å². The first-order valence-corrected chi connectivity index (χ1v) is 9.26. The Balaban J connectivity index is 1.58. The van der Waals surface area contributed by atoms with Crippen LogP contribution in [0.4, 0.5) is 16.3 Å². The minimum absolute atomic E-state index is 0.0977. The summed E-state index contributed by atoms with van der Waals surface area (Å²) in [6.45, 7) is 8.55. The molecular weight excluding hydrogens is 360 g/mol. The molecule has 8 nitrogen and oxygen atoms in total. The Morgan fingerprint density at radius 1 is 1.25 bits per heavy atom. The lowest BCUT2D eigenvalue weighted by molar-refractivity contribution is -0.114. The van der Waals surface area contributed by atoms with Crippen LogP contribution in [-0.2, 0) is 22.5 Å². The van der Waals surface area contributed by atoms with Gasteiger partial charge in [-0.2, -0.15) is 0 Å². The zero-order chi connectivity index (χ0) is 20.3. The summed E-state index contributed by atoms with van der Waals surface area (Å²) in [4.78, 5) is 26.1. The summed E-state index contributed by atoms with van der Waals surface area (Å²) in [5.74, 6) is 0.802. The van der Waals surface area contributed by atoms with Crippen LogP contribution in [0.2, 0.25) is 0 Å². The molecule has 0 bridgehead atoms. The predicted molar refractivity (Wildman–Crippen MR) is 105 cm³/mol. The van der Waals surface area contributed by atoms with Gasteiger partial charge in [-0.05, 0) is 57.4 Å². The van der Waals surface area contributed by atoms with Crippen LogP contribution in [-0.4, -0.2) is 40.7 Å². The molecule has 3 rings (SSSR count). The molecule has 150 valence electrons. The number of anilines is 2. The van der Waals surface area contributed by atoms with Crippen molar-refractivity contribution >= 4 is 23.5 Å². The fourth-order valence-corrected chi connectivity index (χ4v) is 2.94. The second-order valence-corrected chi connectivity index (χ2v) is 7.86. The third-order valence-electron chi connectivity index (χ3n) is 4.22. The third kappa shape index (κ3) is 5.25. The highest BCUT2D eigenvalue weighted by Gasteiger charge is 2.25. The molecule has 0 radical (unpaired) electrons. The topological polar surface area (TPSA) is 96.7 Å². The Kier molecular flexibility index (Phi) is 5.58. The second kappa shape index (κ2) is 7.92. The number of benzene rings is 1. The van der Waals surface area contributed by atoms with Gasteiger partial charge >= 0.3 is 6.09 Å². The number of fused-ring (bicyclic) bond motifs is 1. The first-order chi connectivity index (χ1) is 13.2. The van der Waals surface area contributed by atoms with E-state index in [0.717, 1.165) is 17.7 Å². The van der Waals surface area contributed by atoms with Crippen LogP contribution in [0.1, 0.15) is 37.7 Å². The lowest BCUT2D eigenvalue weighted by Gasteiger charge is -2.31. The van der Waals surface area contributed by atoms with Crippen LogP contribution in [0.15, 0.2) is 28.8 Å². The lowest BCUT2D eigenvalue weighted by atomic mass is 9.99. The molecule has 2 amide bonds. The minimum atomic E-state index is -0.517. The van der Waals surface area contributed by atoms with Crippen LogP contribution in [0, 0.1) is 6.92 Å². The molecule has 2 N–H and O–H groups in total. The standard InChI is InChI=1S/C20H26N4O4/c1-13-9-17(23-28-13)22-18(25)11-21-16-6-5-14-7-8-24(12-15(14)10-16)19(26)27-20(2,3)4/h5-6,9-10,21H,7-8,11-12H2,1-4H3,(H,22,23,25). The van der Waals surface area contributed by atoms with Gasteiger partial charge in [0.05, 0.1) is 6.54 Å². The highest BCUT2D eigenvalue weighted by atomic mass is 16.6. The van der Waals surface area contributed by atoms with Gasteiger partial charge in [-0.1, -0.05) is 11.2 Å². The highest BCUT2D eigenvalue weighted by molar-refractivity contribution is 5.92. The van der Waals surface area contributed by atoms with E-state index in [0.29, 0.717) is 24.7 Å². The molecule has 1 aliphatic rings. The van der Waals surface area contributed by atoms with Gasteiger partial charge in [0.1, 0.15) is 11.4 Å². The largest absolute Gasteiger partial charge is 0.444 e. The molecule has 2 aromatic rings. The van der Waals surface area contributed by atoms with Crippen molar-refractivity contribution in [1.29, 1.82) is 0 Å². The molecule has 1 aromatic carbocycles. The van der Waals surface area contributed by atoms with E-state index >= 15 is 0 Å². The molecule has 28 heavy (non-hydrogen) atoms. The summed E-state index contributed by atoms with van der Waals surface area (Å²) in [6.07, 6.45) is 0.472. The van der Waals surface area contributed by atoms with Crippen molar-refractivity contribution in [2.45, 2.75) is 46.3 Å². The Hall–Kier alpha value is -3.03. The second-order valence-electron chi connectivity index (χ2n) is 7.86. The van der Waals surface area contributed by atoms with Gasteiger partial charge in [0.15, 0.2) is 5.82 Å². The quantitative estimate of drug-likeness (QED) is 0.837. The maximum atomic E-state index is 12.3. The number of carbonyl (C=O) groups is 2. The zero-order valence-corrected chi connectivity index (χ0v) is 16.7. The van der Waals surface area contributed by atoms with Crippen LogP contribution in [0.3, 0.4) is 0 Å². The summed E-state index contributed by atoms with van der Waals surface area (Å²) >= 11 is 0. The number of amides is 2. The Morgan fingerprint density at radius 2 is 2.04 bits per heavy atom. The highest BCUT2D eigenvalue weighted by Crippen LogP contribution is 2.24. The molecule has 0 fully saturated rings. The first kappa shape index (κ1) is 19.7. The zero-order valence-electron chi connectivity index (χ0n) is 16.7. The lowest BCUT2D eigenvalue weighted by Crippen LogP contribution is -2.39. The van der Waals surface area contributed by atoms with Gasteiger partial charge in [0.2, 0.25) is 5.91 Å². The van der Waals surface area contributed by atoms with Crippen molar-refractivity contribution in [2.24, 2.45) is 0 Å². The maximum absolute atomic E-state index is 12.3. The molecule has 8 heteroatoms. The molecule has 1 aliphatic heterocycles. The number of rotatable bonds is 4. The minimum Gasteiger partial charge on any atom is -0.444 e. The van der Waals surface area contributed by atoms with Gasteiger partial charge in [-0.15, -0.1) is 0 Å². The van der Waals surface area contributed by atoms with Crippen molar-refractivity contribution in [1.82, 2.24) is 10.1 Å². The van der Waals surface area contributed by atoms with Crippen molar-refractivity contribution in [3.8, 4) is 0 Å².